The third-order valence-corrected chi connectivity index (χ3v) is 11.6. The molecule has 10 heteroatoms. The summed E-state index contributed by atoms with van der Waals surface area (Å²) in [7, 11) is 0. The number of morpholine rings is 2. The topological polar surface area (TPSA) is 86.4 Å². The fourth-order valence-electron chi connectivity index (χ4n) is 9.34. The third kappa shape index (κ3) is 5.78. The maximum absolute atomic E-state index is 16.1. The molecule has 4 heterocycles. The number of carbonyl (C=O) groups is 2. The van der Waals surface area contributed by atoms with Crippen LogP contribution < -0.4 is 10.6 Å². The molecular weight excluding hydrogens is 537 g/mol. The molecule has 0 radical (unpaired) electrons. The number of amides is 1. The van der Waals surface area contributed by atoms with Gasteiger partial charge in [0.25, 0.3) is 5.91 Å². The molecule has 6 fully saturated rings. The van der Waals surface area contributed by atoms with E-state index in [1.807, 2.05) is 6.20 Å². The highest BCUT2D eigenvalue weighted by molar-refractivity contribution is 6.20. The Hall–Kier alpha value is -1.59. The van der Waals surface area contributed by atoms with Gasteiger partial charge in [0, 0.05) is 51.4 Å². The highest BCUT2D eigenvalue weighted by atomic mass is 19.1. The van der Waals surface area contributed by atoms with Gasteiger partial charge in [-0.15, -0.1) is 0 Å². The monoisotopic (exact) mass is 587 g/mol. The Kier molecular flexibility index (Phi) is 8.88. The number of nitrogens with zero attached hydrogens (tertiary/aromatic N) is 3. The maximum Gasteiger partial charge on any atom is 0.256 e. The first-order valence-electron chi connectivity index (χ1n) is 16.9. The maximum atomic E-state index is 16.1. The lowest BCUT2D eigenvalue weighted by atomic mass is 9.65. The minimum absolute atomic E-state index is 0.00373. The Bertz CT molecular complexity index is 1020. The Balaban J connectivity index is 1.11. The number of Topliss-reactive ketones (excluding diaryl/α,β-unsaturated/α-hetero) is 1. The quantitative estimate of drug-likeness (QED) is 0.416. The standard InChI is InChI=1S/C32H50FN5O4/c33-25-19-23-29-31(28(25)34-7-11-37-13-15-41-16-14-37)42-27-18-22-6-2-1-5-21(22)17-26(27)38(29)20-24(30(23)39)32(40)35-8-12-36-9-3-4-10-36/h20-23,25-29,31,34H,1-19H2,(H,35,40). The summed E-state index contributed by atoms with van der Waals surface area (Å²) in [5.41, 5.74) is 0.216. The third-order valence-electron chi connectivity index (χ3n) is 11.6. The van der Waals surface area contributed by atoms with Gasteiger partial charge < -0.3 is 29.9 Å². The lowest BCUT2D eigenvalue weighted by molar-refractivity contribution is -0.208. The van der Waals surface area contributed by atoms with Crippen molar-refractivity contribution in [3.63, 3.8) is 0 Å². The molecule has 1 amide bonds. The molecule has 7 rings (SSSR count). The molecular formula is C32H50FN5O4. The van der Waals surface area contributed by atoms with Crippen LogP contribution in [0.25, 0.3) is 0 Å². The van der Waals surface area contributed by atoms with E-state index in [4.69, 9.17) is 9.47 Å². The molecule has 0 aromatic rings. The molecule has 2 N–H and O–H groups in total. The average Bonchev–Trinajstić information content (AvgIpc) is 3.53. The van der Waals surface area contributed by atoms with Gasteiger partial charge in [0.2, 0.25) is 0 Å². The summed E-state index contributed by atoms with van der Waals surface area (Å²) < 4.78 is 28.5. The lowest BCUT2D eigenvalue weighted by Gasteiger charge is -2.61. The van der Waals surface area contributed by atoms with Crippen molar-refractivity contribution in [2.75, 3.05) is 65.6 Å². The van der Waals surface area contributed by atoms with Crippen molar-refractivity contribution in [2.24, 2.45) is 17.8 Å². The Morgan fingerprint density at radius 3 is 2.43 bits per heavy atom. The van der Waals surface area contributed by atoms with Crippen LogP contribution in [0.4, 0.5) is 4.39 Å². The van der Waals surface area contributed by atoms with Gasteiger partial charge in [-0.3, -0.25) is 14.5 Å². The lowest BCUT2D eigenvalue weighted by Crippen LogP contribution is -2.73. The normalized spacial score (nSPS) is 40.6. The van der Waals surface area contributed by atoms with Crippen LogP contribution in [0.3, 0.4) is 0 Å². The Labute approximate surface area is 249 Å². The van der Waals surface area contributed by atoms with Gasteiger partial charge in [-0.25, -0.2) is 4.39 Å². The van der Waals surface area contributed by atoms with Gasteiger partial charge in [0.15, 0.2) is 5.78 Å². The van der Waals surface area contributed by atoms with Gasteiger partial charge in [0.1, 0.15) is 6.17 Å². The number of nitrogens with one attached hydrogen (secondary N) is 2. The first-order valence-corrected chi connectivity index (χ1v) is 16.9. The average molecular weight is 588 g/mol. The molecule has 42 heavy (non-hydrogen) atoms. The number of halogens is 1. The molecule has 0 aromatic carbocycles. The Morgan fingerprint density at radius 1 is 0.929 bits per heavy atom. The van der Waals surface area contributed by atoms with E-state index in [9.17, 15) is 9.59 Å². The summed E-state index contributed by atoms with van der Waals surface area (Å²) in [6.07, 6.45) is 9.91. The number of likely N-dealkylation sites (tertiary alicyclic amines) is 1. The molecule has 4 aliphatic heterocycles. The fraction of sp³-hybridized carbons (Fsp3) is 0.875. The molecule has 3 aliphatic carbocycles. The zero-order valence-corrected chi connectivity index (χ0v) is 25.1. The van der Waals surface area contributed by atoms with E-state index >= 15 is 4.39 Å². The molecule has 9 atom stereocenters. The zero-order valence-electron chi connectivity index (χ0n) is 25.1. The van der Waals surface area contributed by atoms with Gasteiger partial charge >= 0.3 is 0 Å². The van der Waals surface area contributed by atoms with Crippen LogP contribution in [-0.4, -0.2) is 128 Å². The van der Waals surface area contributed by atoms with Gasteiger partial charge in [0.05, 0.1) is 49.1 Å². The predicted molar refractivity (Wildman–Crippen MR) is 157 cm³/mol. The second-order valence-corrected chi connectivity index (χ2v) is 13.9. The van der Waals surface area contributed by atoms with Crippen molar-refractivity contribution in [3.05, 3.63) is 11.8 Å². The summed E-state index contributed by atoms with van der Waals surface area (Å²) in [4.78, 5) is 34.4. The van der Waals surface area contributed by atoms with E-state index in [0.29, 0.717) is 24.9 Å². The second-order valence-electron chi connectivity index (χ2n) is 13.9. The van der Waals surface area contributed by atoms with Crippen LogP contribution in [-0.2, 0) is 19.1 Å². The number of hydrogen-bond acceptors (Lipinski definition) is 8. The van der Waals surface area contributed by atoms with Crippen molar-refractivity contribution in [1.82, 2.24) is 25.3 Å². The summed E-state index contributed by atoms with van der Waals surface area (Å²) in [5.74, 6) is 0.264. The van der Waals surface area contributed by atoms with E-state index in [1.165, 1.54) is 38.5 Å². The minimum atomic E-state index is -1.20. The van der Waals surface area contributed by atoms with Crippen LogP contribution in [0.5, 0.6) is 0 Å². The number of carbonyl (C=O) groups excluding carboxylic acids is 2. The number of ketones is 1. The summed E-state index contributed by atoms with van der Waals surface area (Å²) in [5, 5.41) is 6.57. The van der Waals surface area contributed by atoms with Crippen molar-refractivity contribution in [1.29, 1.82) is 0 Å². The van der Waals surface area contributed by atoms with Crippen LogP contribution in [0.2, 0.25) is 0 Å². The second kappa shape index (κ2) is 12.8. The molecule has 0 spiro atoms. The molecule has 234 valence electrons. The molecule has 9 nitrogen and oxygen atoms in total. The van der Waals surface area contributed by atoms with E-state index in [-0.39, 0.29) is 41.9 Å². The number of hydrogen-bond donors (Lipinski definition) is 2. The number of rotatable bonds is 8. The molecule has 9 unspecified atom stereocenters. The van der Waals surface area contributed by atoms with Gasteiger partial charge in [-0.2, -0.15) is 0 Å². The number of ether oxygens (including phenoxy) is 2. The van der Waals surface area contributed by atoms with Crippen molar-refractivity contribution < 1.29 is 23.5 Å². The smallest absolute Gasteiger partial charge is 0.256 e. The molecule has 3 saturated carbocycles. The number of fused-ring (bicyclic) bond motifs is 3. The molecule has 3 saturated heterocycles. The molecule has 7 aliphatic rings. The van der Waals surface area contributed by atoms with Crippen molar-refractivity contribution in [3.8, 4) is 0 Å². The SMILES string of the molecule is O=C(NCCN1CCCC1)C1=CN2C3CC4CCCCC4CC3OC3C(NCCN4CCOCC4)C(F)CC(C1=O)C32. The van der Waals surface area contributed by atoms with Gasteiger partial charge in [-0.05, 0) is 57.0 Å². The summed E-state index contributed by atoms with van der Waals surface area (Å²) in [6, 6.07) is -0.552. The number of alkyl halides is 1. The zero-order chi connectivity index (χ0) is 28.6. The fourth-order valence-corrected chi connectivity index (χ4v) is 9.34. The van der Waals surface area contributed by atoms with Crippen LogP contribution in [0.15, 0.2) is 11.8 Å². The highest BCUT2D eigenvalue weighted by Crippen LogP contribution is 2.50. The first kappa shape index (κ1) is 29.1. The summed E-state index contributed by atoms with van der Waals surface area (Å²) >= 11 is 0. The highest BCUT2D eigenvalue weighted by Gasteiger charge is 2.59. The molecule has 0 aromatic heterocycles. The van der Waals surface area contributed by atoms with Crippen molar-refractivity contribution in [2.45, 2.75) is 94.3 Å². The summed E-state index contributed by atoms with van der Waals surface area (Å²) in [6.45, 7) is 8.28. The predicted octanol–water partition coefficient (Wildman–Crippen LogP) is 1.72. The van der Waals surface area contributed by atoms with E-state index in [0.717, 1.165) is 65.3 Å². The van der Waals surface area contributed by atoms with Crippen LogP contribution >= 0.6 is 0 Å². The first-order chi connectivity index (χ1) is 20.6. The van der Waals surface area contributed by atoms with Crippen LogP contribution in [0, 0.1) is 17.8 Å². The minimum Gasteiger partial charge on any atom is -0.379 e. The van der Waals surface area contributed by atoms with E-state index < -0.39 is 24.2 Å². The van der Waals surface area contributed by atoms with Gasteiger partial charge in [-0.1, -0.05) is 25.7 Å². The van der Waals surface area contributed by atoms with Crippen LogP contribution in [0.1, 0.15) is 57.8 Å². The van der Waals surface area contributed by atoms with E-state index in [2.05, 4.69) is 25.3 Å². The Morgan fingerprint density at radius 2 is 1.64 bits per heavy atom. The molecule has 0 bridgehead atoms. The van der Waals surface area contributed by atoms with E-state index in [1.54, 1.807) is 0 Å². The van der Waals surface area contributed by atoms with Crippen molar-refractivity contribution >= 4 is 11.7 Å². The largest absolute Gasteiger partial charge is 0.379 e.